The van der Waals surface area contributed by atoms with Crippen molar-refractivity contribution in [3.63, 3.8) is 0 Å². The number of aliphatic hydroxyl groups is 1. The molecule has 1 aliphatic heterocycles. The number of aryl methyl sites for hydroxylation is 2. The number of nitrogens with one attached hydrogen (secondary N) is 2. The predicted octanol–water partition coefficient (Wildman–Crippen LogP) is 0.368. The summed E-state index contributed by atoms with van der Waals surface area (Å²) in [4.78, 5) is 11.9. The van der Waals surface area contributed by atoms with Crippen LogP contribution in [0.3, 0.4) is 0 Å². The van der Waals surface area contributed by atoms with Crippen LogP contribution in [0.2, 0.25) is 0 Å². The van der Waals surface area contributed by atoms with Crippen molar-refractivity contribution in [2.45, 2.75) is 19.4 Å². The zero-order valence-electron chi connectivity index (χ0n) is 10.2. The molecule has 1 aliphatic rings. The molecule has 1 amide bonds. The molecule has 3 N–H and O–H groups in total. The Balaban J connectivity index is 1.99. The summed E-state index contributed by atoms with van der Waals surface area (Å²) in [6.45, 7) is 5.31. The maximum Gasteiger partial charge on any atom is 0.251 e. The summed E-state index contributed by atoms with van der Waals surface area (Å²) >= 11 is 0. The molecule has 0 radical (unpaired) electrons. The van der Waals surface area contributed by atoms with Gasteiger partial charge >= 0.3 is 0 Å². The molecule has 4 heteroatoms. The van der Waals surface area contributed by atoms with Crippen LogP contribution in [-0.2, 0) is 0 Å². The minimum atomic E-state index is -0.769. The zero-order valence-corrected chi connectivity index (χ0v) is 10.2. The van der Waals surface area contributed by atoms with Crippen LogP contribution < -0.4 is 10.6 Å². The molecule has 0 aromatic heterocycles. The number of carbonyl (C=O) groups excluding carboxylic acids is 1. The fraction of sp³-hybridized carbons (Fsp3) is 0.462. The Morgan fingerprint density at radius 1 is 1.35 bits per heavy atom. The molecule has 0 aliphatic carbocycles. The Hall–Kier alpha value is -1.39. The highest BCUT2D eigenvalue weighted by Crippen LogP contribution is 2.11. The van der Waals surface area contributed by atoms with Crippen LogP contribution in [0.1, 0.15) is 21.5 Å². The van der Waals surface area contributed by atoms with Gasteiger partial charge in [-0.15, -0.1) is 0 Å². The van der Waals surface area contributed by atoms with Crippen molar-refractivity contribution in [2.75, 3.05) is 19.6 Å². The Bertz CT molecular complexity index is 419. The fourth-order valence-corrected chi connectivity index (χ4v) is 1.99. The molecule has 17 heavy (non-hydrogen) atoms. The van der Waals surface area contributed by atoms with Gasteiger partial charge in [0, 0.05) is 25.2 Å². The first-order valence-electron chi connectivity index (χ1n) is 5.78. The smallest absolute Gasteiger partial charge is 0.251 e. The second kappa shape index (κ2) is 4.47. The maximum absolute atomic E-state index is 11.9. The molecule has 0 saturated carbocycles. The van der Waals surface area contributed by atoms with Gasteiger partial charge in [0.15, 0.2) is 0 Å². The van der Waals surface area contributed by atoms with Gasteiger partial charge in [0.05, 0.1) is 0 Å². The quantitative estimate of drug-likeness (QED) is 0.708. The van der Waals surface area contributed by atoms with Crippen molar-refractivity contribution in [3.8, 4) is 0 Å². The number of amides is 1. The van der Waals surface area contributed by atoms with Crippen molar-refractivity contribution >= 4 is 5.91 Å². The van der Waals surface area contributed by atoms with Crippen molar-refractivity contribution in [1.29, 1.82) is 0 Å². The molecular weight excluding hydrogens is 216 g/mol. The molecule has 0 atom stereocenters. The van der Waals surface area contributed by atoms with Gasteiger partial charge in [-0.1, -0.05) is 17.2 Å². The second-order valence-corrected chi connectivity index (χ2v) is 4.89. The van der Waals surface area contributed by atoms with Crippen molar-refractivity contribution in [1.82, 2.24) is 10.6 Å². The number of hydrogen-bond donors (Lipinski definition) is 3. The molecule has 0 bridgehead atoms. The van der Waals surface area contributed by atoms with E-state index in [0.717, 1.165) is 11.1 Å². The van der Waals surface area contributed by atoms with Crippen LogP contribution in [0.15, 0.2) is 18.2 Å². The van der Waals surface area contributed by atoms with E-state index in [9.17, 15) is 9.90 Å². The largest absolute Gasteiger partial charge is 0.385 e. The first-order valence-corrected chi connectivity index (χ1v) is 5.78. The molecule has 4 nitrogen and oxygen atoms in total. The molecular formula is C13H18N2O2. The van der Waals surface area contributed by atoms with Crippen LogP contribution >= 0.6 is 0 Å². The Morgan fingerprint density at radius 3 is 2.41 bits per heavy atom. The lowest BCUT2D eigenvalue weighted by molar-refractivity contribution is -0.00759. The summed E-state index contributed by atoms with van der Waals surface area (Å²) in [6, 6.07) is 5.73. The third-order valence-electron chi connectivity index (χ3n) is 2.97. The summed E-state index contributed by atoms with van der Waals surface area (Å²) in [5.41, 5.74) is 2.02. The van der Waals surface area contributed by atoms with Crippen LogP contribution in [0.5, 0.6) is 0 Å². The summed E-state index contributed by atoms with van der Waals surface area (Å²) in [6.07, 6.45) is 0. The van der Waals surface area contributed by atoms with Gasteiger partial charge in [-0.25, -0.2) is 0 Å². The first-order chi connectivity index (χ1) is 7.98. The van der Waals surface area contributed by atoms with Crippen LogP contribution in [-0.4, -0.2) is 36.2 Å². The van der Waals surface area contributed by atoms with Crippen LogP contribution in [0.4, 0.5) is 0 Å². The average Bonchev–Trinajstić information content (AvgIpc) is 2.22. The molecule has 2 rings (SSSR count). The Kier molecular flexibility index (Phi) is 3.17. The summed E-state index contributed by atoms with van der Waals surface area (Å²) in [5, 5.41) is 15.6. The third-order valence-corrected chi connectivity index (χ3v) is 2.97. The van der Waals surface area contributed by atoms with E-state index in [1.54, 1.807) is 0 Å². The van der Waals surface area contributed by atoms with E-state index in [-0.39, 0.29) is 5.91 Å². The second-order valence-electron chi connectivity index (χ2n) is 4.89. The number of rotatable bonds is 3. The highest BCUT2D eigenvalue weighted by molar-refractivity contribution is 5.94. The molecule has 1 aromatic rings. The van der Waals surface area contributed by atoms with Gasteiger partial charge in [0.2, 0.25) is 0 Å². The van der Waals surface area contributed by atoms with E-state index in [0.29, 0.717) is 25.2 Å². The molecule has 1 heterocycles. The van der Waals surface area contributed by atoms with Gasteiger partial charge in [-0.05, 0) is 26.0 Å². The van der Waals surface area contributed by atoms with Gasteiger partial charge in [-0.3, -0.25) is 4.79 Å². The lowest BCUT2D eigenvalue weighted by atomic mass is 9.97. The lowest BCUT2D eigenvalue weighted by Crippen LogP contribution is -2.64. The van der Waals surface area contributed by atoms with Crippen molar-refractivity contribution in [3.05, 3.63) is 34.9 Å². The van der Waals surface area contributed by atoms with E-state index < -0.39 is 5.60 Å². The Labute approximate surface area is 101 Å². The highest BCUT2D eigenvalue weighted by Gasteiger charge is 2.34. The molecule has 1 saturated heterocycles. The molecule has 1 aromatic carbocycles. The van der Waals surface area contributed by atoms with Gasteiger partial charge in [0.1, 0.15) is 5.60 Å². The van der Waals surface area contributed by atoms with E-state index in [4.69, 9.17) is 0 Å². The highest BCUT2D eigenvalue weighted by atomic mass is 16.3. The first kappa shape index (κ1) is 12.1. The standard InChI is InChI=1S/C13H18N2O2/c1-9-3-10(2)5-11(4-9)12(16)15-8-13(17)6-14-7-13/h3-5,14,17H,6-8H2,1-2H3,(H,15,16). The zero-order chi connectivity index (χ0) is 12.5. The lowest BCUT2D eigenvalue weighted by Gasteiger charge is -2.37. The van der Waals surface area contributed by atoms with E-state index in [1.807, 2.05) is 32.0 Å². The van der Waals surface area contributed by atoms with E-state index in [1.165, 1.54) is 0 Å². The SMILES string of the molecule is Cc1cc(C)cc(C(=O)NCC2(O)CNC2)c1. The normalized spacial score (nSPS) is 17.4. The number of benzene rings is 1. The van der Waals surface area contributed by atoms with Gasteiger partial charge in [-0.2, -0.15) is 0 Å². The molecule has 0 unspecified atom stereocenters. The minimum absolute atomic E-state index is 0.128. The maximum atomic E-state index is 11.9. The minimum Gasteiger partial charge on any atom is -0.385 e. The predicted molar refractivity (Wildman–Crippen MR) is 66.1 cm³/mol. The number of hydrogen-bond acceptors (Lipinski definition) is 3. The van der Waals surface area contributed by atoms with E-state index >= 15 is 0 Å². The van der Waals surface area contributed by atoms with Gasteiger partial charge < -0.3 is 15.7 Å². The topological polar surface area (TPSA) is 61.4 Å². The van der Waals surface area contributed by atoms with Crippen LogP contribution in [0, 0.1) is 13.8 Å². The average molecular weight is 234 g/mol. The fourth-order valence-electron chi connectivity index (χ4n) is 1.99. The van der Waals surface area contributed by atoms with Crippen LogP contribution in [0.25, 0.3) is 0 Å². The van der Waals surface area contributed by atoms with Gasteiger partial charge in [0.25, 0.3) is 5.91 Å². The Morgan fingerprint density at radius 2 is 1.94 bits per heavy atom. The van der Waals surface area contributed by atoms with Crippen molar-refractivity contribution < 1.29 is 9.90 Å². The molecule has 92 valence electrons. The summed E-state index contributed by atoms with van der Waals surface area (Å²) in [7, 11) is 0. The number of β-amino-alcohol motifs (C(OH)–C–C–N with tert-alkyl or cyclic N) is 1. The molecule has 0 spiro atoms. The van der Waals surface area contributed by atoms with Crippen molar-refractivity contribution in [2.24, 2.45) is 0 Å². The summed E-state index contributed by atoms with van der Waals surface area (Å²) in [5.74, 6) is -0.128. The number of carbonyl (C=O) groups is 1. The summed E-state index contributed by atoms with van der Waals surface area (Å²) < 4.78 is 0. The molecule has 1 fully saturated rings. The third kappa shape index (κ3) is 2.84. The monoisotopic (exact) mass is 234 g/mol. The van der Waals surface area contributed by atoms with E-state index in [2.05, 4.69) is 10.6 Å².